The van der Waals surface area contributed by atoms with Gasteiger partial charge in [0.25, 0.3) is 0 Å². The summed E-state index contributed by atoms with van der Waals surface area (Å²) in [6.45, 7) is 5.26. The summed E-state index contributed by atoms with van der Waals surface area (Å²) < 4.78 is 1.20. The Hall–Kier alpha value is -1.07. The Bertz CT molecular complexity index is 569. The molecule has 21 heavy (non-hydrogen) atoms. The summed E-state index contributed by atoms with van der Waals surface area (Å²) in [6, 6.07) is 6.44. The summed E-state index contributed by atoms with van der Waals surface area (Å²) in [5, 5.41) is 3.44. The van der Waals surface area contributed by atoms with Gasteiger partial charge < -0.3 is 10.2 Å². The van der Waals surface area contributed by atoms with Crippen molar-refractivity contribution in [2.45, 2.75) is 32.7 Å². The second-order valence-electron chi connectivity index (χ2n) is 5.42. The number of rotatable bonds is 4. The van der Waals surface area contributed by atoms with Crippen molar-refractivity contribution in [2.24, 2.45) is 0 Å². The molecule has 0 unspecified atom stereocenters. The zero-order chi connectivity index (χ0) is 14.7. The quantitative estimate of drug-likeness (QED) is 0.841. The van der Waals surface area contributed by atoms with E-state index in [-0.39, 0.29) is 0 Å². The molecule has 5 heteroatoms. The first kappa shape index (κ1) is 14.9. The van der Waals surface area contributed by atoms with E-state index in [1.807, 2.05) is 17.5 Å². The molecule has 1 aliphatic heterocycles. The highest BCUT2D eigenvalue weighted by Gasteiger charge is 2.11. The van der Waals surface area contributed by atoms with Crippen molar-refractivity contribution in [1.82, 2.24) is 4.98 Å². The zero-order valence-electron chi connectivity index (χ0n) is 12.2. The molecule has 1 aliphatic rings. The third-order valence-electron chi connectivity index (χ3n) is 3.80. The minimum atomic E-state index is 0.849. The minimum absolute atomic E-state index is 0.849. The molecule has 0 spiro atoms. The van der Waals surface area contributed by atoms with E-state index in [9.17, 15) is 0 Å². The number of nitrogens with zero attached hydrogens (tertiary/aromatic N) is 2. The zero-order valence-corrected chi connectivity index (χ0v) is 14.6. The van der Waals surface area contributed by atoms with Crippen LogP contribution in [0, 0.1) is 6.92 Å². The molecular formula is C16H20BrN3S. The van der Waals surface area contributed by atoms with Crippen molar-refractivity contribution in [3.05, 3.63) is 38.6 Å². The Balaban J connectivity index is 1.59. The van der Waals surface area contributed by atoms with Gasteiger partial charge in [-0.3, -0.25) is 0 Å². The van der Waals surface area contributed by atoms with Gasteiger partial charge in [-0.2, -0.15) is 0 Å². The van der Waals surface area contributed by atoms with Crippen LogP contribution >= 0.6 is 27.3 Å². The molecule has 0 amide bonds. The number of hydrogen-bond donors (Lipinski definition) is 1. The highest BCUT2D eigenvalue weighted by Crippen LogP contribution is 2.27. The monoisotopic (exact) mass is 365 g/mol. The van der Waals surface area contributed by atoms with Crippen LogP contribution in [0.15, 0.2) is 28.9 Å². The molecule has 0 aliphatic carbocycles. The van der Waals surface area contributed by atoms with Crippen molar-refractivity contribution in [3.63, 3.8) is 0 Å². The number of aromatic nitrogens is 1. The molecule has 0 atom stereocenters. The predicted molar refractivity (Wildman–Crippen MR) is 94.4 cm³/mol. The van der Waals surface area contributed by atoms with Gasteiger partial charge in [0.1, 0.15) is 5.82 Å². The first-order valence-corrected chi connectivity index (χ1v) is 9.03. The third-order valence-corrected chi connectivity index (χ3v) is 5.94. The van der Waals surface area contributed by atoms with Crippen molar-refractivity contribution in [2.75, 3.05) is 23.3 Å². The topological polar surface area (TPSA) is 28.2 Å². The normalized spacial score (nSPS) is 15.2. The van der Waals surface area contributed by atoms with E-state index in [4.69, 9.17) is 0 Å². The number of pyridine rings is 1. The summed E-state index contributed by atoms with van der Waals surface area (Å²) in [4.78, 5) is 9.63. The Morgan fingerprint density at radius 3 is 2.71 bits per heavy atom. The van der Waals surface area contributed by atoms with Gasteiger partial charge in [0, 0.05) is 33.9 Å². The number of halogens is 1. The Morgan fingerprint density at radius 1 is 1.29 bits per heavy atom. The molecule has 2 aromatic heterocycles. The predicted octanol–water partition coefficient (Wildman–Crippen LogP) is 4.82. The fourth-order valence-corrected chi connectivity index (χ4v) is 4.14. The number of aryl methyl sites for hydroxylation is 1. The smallest absolute Gasteiger partial charge is 0.128 e. The van der Waals surface area contributed by atoms with Gasteiger partial charge in [-0.1, -0.05) is 0 Å². The van der Waals surface area contributed by atoms with E-state index < -0.39 is 0 Å². The standard InChI is InChI=1S/C16H20BrN3S/c1-12-15(17)9-14(21-12)11-18-13-5-6-16(19-10-13)20-7-3-2-4-8-20/h5-6,9-10,18H,2-4,7-8,11H2,1H3. The molecule has 3 rings (SSSR count). The van der Waals surface area contributed by atoms with E-state index in [0.717, 1.165) is 31.1 Å². The molecule has 1 fully saturated rings. The minimum Gasteiger partial charge on any atom is -0.379 e. The Morgan fingerprint density at radius 2 is 2.10 bits per heavy atom. The van der Waals surface area contributed by atoms with E-state index >= 15 is 0 Å². The van der Waals surface area contributed by atoms with Crippen LogP contribution in [0.1, 0.15) is 29.0 Å². The van der Waals surface area contributed by atoms with Crippen LogP contribution in [-0.2, 0) is 6.54 Å². The average Bonchev–Trinajstić information content (AvgIpc) is 2.85. The van der Waals surface area contributed by atoms with E-state index in [0.29, 0.717) is 0 Å². The molecule has 2 aromatic rings. The van der Waals surface area contributed by atoms with Crippen molar-refractivity contribution < 1.29 is 0 Å². The highest BCUT2D eigenvalue weighted by molar-refractivity contribution is 9.10. The van der Waals surface area contributed by atoms with Gasteiger partial charge in [0.15, 0.2) is 0 Å². The fourth-order valence-electron chi connectivity index (χ4n) is 2.59. The van der Waals surface area contributed by atoms with E-state index in [1.165, 1.54) is 33.5 Å². The Labute approximate surface area is 138 Å². The van der Waals surface area contributed by atoms with Gasteiger partial charge in [-0.25, -0.2) is 4.98 Å². The van der Waals surface area contributed by atoms with Crippen LogP contribution in [-0.4, -0.2) is 18.1 Å². The lowest BCUT2D eigenvalue weighted by Gasteiger charge is -2.27. The molecule has 1 saturated heterocycles. The maximum atomic E-state index is 4.59. The maximum absolute atomic E-state index is 4.59. The van der Waals surface area contributed by atoms with Crippen molar-refractivity contribution >= 4 is 38.8 Å². The van der Waals surface area contributed by atoms with Crippen LogP contribution in [0.5, 0.6) is 0 Å². The second kappa shape index (κ2) is 6.79. The van der Waals surface area contributed by atoms with E-state index in [2.05, 4.69) is 56.3 Å². The first-order chi connectivity index (χ1) is 10.2. The van der Waals surface area contributed by atoms with Gasteiger partial charge >= 0.3 is 0 Å². The van der Waals surface area contributed by atoms with Crippen LogP contribution < -0.4 is 10.2 Å². The lowest BCUT2D eigenvalue weighted by Crippen LogP contribution is -2.30. The van der Waals surface area contributed by atoms with Crippen LogP contribution in [0.4, 0.5) is 11.5 Å². The number of piperidine rings is 1. The SMILES string of the molecule is Cc1sc(CNc2ccc(N3CCCCC3)nc2)cc1Br. The largest absolute Gasteiger partial charge is 0.379 e. The number of thiophene rings is 1. The highest BCUT2D eigenvalue weighted by atomic mass is 79.9. The molecule has 112 valence electrons. The Kier molecular flexibility index (Phi) is 4.80. The first-order valence-electron chi connectivity index (χ1n) is 7.42. The van der Waals surface area contributed by atoms with Crippen molar-refractivity contribution in [3.8, 4) is 0 Å². The average molecular weight is 366 g/mol. The summed E-state index contributed by atoms with van der Waals surface area (Å²) in [5.41, 5.74) is 1.08. The summed E-state index contributed by atoms with van der Waals surface area (Å²) in [7, 11) is 0. The van der Waals surface area contributed by atoms with Gasteiger partial charge in [-0.05, 0) is 60.3 Å². The summed E-state index contributed by atoms with van der Waals surface area (Å²) >= 11 is 5.38. The number of nitrogens with one attached hydrogen (secondary N) is 1. The fraction of sp³-hybridized carbons (Fsp3) is 0.438. The lowest BCUT2D eigenvalue weighted by atomic mass is 10.1. The third kappa shape index (κ3) is 3.77. The van der Waals surface area contributed by atoms with Crippen LogP contribution in [0.25, 0.3) is 0 Å². The van der Waals surface area contributed by atoms with Crippen LogP contribution in [0.2, 0.25) is 0 Å². The van der Waals surface area contributed by atoms with Gasteiger partial charge in [-0.15, -0.1) is 11.3 Å². The summed E-state index contributed by atoms with van der Waals surface area (Å²) in [5.74, 6) is 1.11. The van der Waals surface area contributed by atoms with Gasteiger partial charge in [0.2, 0.25) is 0 Å². The second-order valence-corrected chi connectivity index (χ2v) is 7.62. The van der Waals surface area contributed by atoms with Crippen molar-refractivity contribution in [1.29, 1.82) is 0 Å². The van der Waals surface area contributed by atoms with Gasteiger partial charge in [0.05, 0.1) is 11.9 Å². The van der Waals surface area contributed by atoms with E-state index in [1.54, 1.807) is 0 Å². The molecule has 0 radical (unpaired) electrons. The molecule has 1 N–H and O–H groups in total. The molecule has 3 nitrogen and oxygen atoms in total. The molecule has 0 aromatic carbocycles. The molecule has 3 heterocycles. The summed E-state index contributed by atoms with van der Waals surface area (Å²) in [6.07, 6.45) is 5.87. The number of anilines is 2. The van der Waals surface area contributed by atoms with Crippen LogP contribution in [0.3, 0.4) is 0 Å². The lowest BCUT2D eigenvalue weighted by molar-refractivity contribution is 0.573. The maximum Gasteiger partial charge on any atom is 0.128 e. The molecular weight excluding hydrogens is 346 g/mol. The number of hydrogen-bond acceptors (Lipinski definition) is 4. The molecule has 0 saturated carbocycles. The molecule has 0 bridgehead atoms.